The van der Waals surface area contributed by atoms with Gasteiger partial charge in [0.05, 0.1) is 0 Å². The van der Waals surface area contributed by atoms with E-state index in [9.17, 15) is 4.79 Å². The second kappa shape index (κ2) is 6.23. The van der Waals surface area contributed by atoms with Gasteiger partial charge in [-0.3, -0.25) is 4.79 Å². The Morgan fingerprint density at radius 3 is 2.47 bits per heavy atom. The Balaban J connectivity index is 0.000000531. The zero-order valence-electron chi connectivity index (χ0n) is 9.40. The Labute approximate surface area is 91.3 Å². The van der Waals surface area contributed by atoms with E-state index in [-0.39, 0.29) is 12.1 Å². The highest BCUT2D eigenvalue weighted by Crippen LogP contribution is 2.27. The fraction of sp³-hybridized carbons (Fsp3) is 0.462. The molecule has 0 spiro atoms. The number of esters is 1. The summed E-state index contributed by atoms with van der Waals surface area (Å²) in [4.78, 5) is 11.0. The molecule has 0 radical (unpaired) electrons. The highest BCUT2D eigenvalue weighted by molar-refractivity contribution is 5.70. The first-order valence-corrected chi connectivity index (χ1v) is 5.61. The van der Waals surface area contributed by atoms with Crippen molar-refractivity contribution in [2.75, 3.05) is 0 Å². The molecular formula is C13H18O2. The van der Waals surface area contributed by atoms with Crippen LogP contribution in [-0.2, 0) is 9.53 Å². The molecule has 1 aliphatic heterocycles. The van der Waals surface area contributed by atoms with Crippen molar-refractivity contribution in [1.82, 2.24) is 0 Å². The molecule has 82 valence electrons. The molecule has 2 nitrogen and oxygen atoms in total. The number of rotatable bonds is 1. The molecule has 2 rings (SSSR count). The number of benzene rings is 1. The largest absolute Gasteiger partial charge is 0.457 e. The Morgan fingerprint density at radius 2 is 1.87 bits per heavy atom. The predicted octanol–water partition coefficient (Wildman–Crippen LogP) is 3.48. The molecule has 1 aromatic carbocycles. The summed E-state index contributed by atoms with van der Waals surface area (Å²) in [7, 11) is 0. The maximum Gasteiger partial charge on any atom is 0.306 e. The lowest BCUT2D eigenvalue weighted by atomic mass is 10.0. The van der Waals surface area contributed by atoms with Crippen molar-refractivity contribution < 1.29 is 9.53 Å². The first-order valence-electron chi connectivity index (χ1n) is 5.61. The minimum atomic E-state index is -0.0693. The topological polar surface area (TPSA) is 26.3 Å². The molecule has 0 bridgehead atoms. The third kappa shape index (κ3) is 3.39. The normalized spacial score (nSPS) is 19.9. The SMILES string of the molecule is CC.O=C1CCCC(c2ccccc2)O1. The molecule has 0 aliphatic carbocycles. The summed E-state index contributed by atoms with van der Waals surface area (Å²) >= 11 is 0. The molecule has 15 heavy (non-hydrogen) atoms. The van der Waals surface area contributed by atoms with Crippen molar-refractivity contribution in [3.63, 3.8) is 0 Å². The van der Waals surface area contributed by atoms with Crippen LogP contribution in [-0.4, -0.2) is 5.97 Å². The van der Waals surface area contributed by atoms with Gasteiger partial charge in [0.15, 0.2) is 0 Å². The van der Waals surface area contributed by atoms with Gasteiger partial charge in [-0.05, 0) is 18.4 Å². The van der Waals surface area contributed by atoms with Gasteiger partial charge in [0.1, 0.15) is 6.10 Å². The van der Waals surface area contributed by atoms with Crippen molar-refractivity contribution >= 4 is 5.97 Å². The molecule has 0 N–H and O–H groups in total. The number of cyclic esters (lactones) is 1. The number of carbonyl (C=O) groups is 1. The zero-order valence-corrected chi connectivity index (χ0v) is 9.40. The van der Waals surface area contributed by atoms with E-state index in [4.69, 9.17) is 4.74 Å². The van der Waals surface area contributed by atoms with E-state index in [2.05, 4.69) is 0 Å². The number of hydrogen-bond donors (Lipinski definition) is 0. The molecule has 2 heteroatoms. The molecule has 1 fully saturated rings. The smallest absolute Gasteiger partial charge is 0.306 e. The molecule has 0 aromatic heterocycles. The minimum absolute atomic E-state index is 0.0116. The molecule has 0 saturated carbocycles. The Bertz CT molecular complexity index is 293. The van der Waals surface area contributed by atoms with Gasteiger partial charge >= 0.3 is 5.97 Å². The molecule has 1 unspecified atom stereocenters. The van der Waals surface area contributed by atoms with Gasteiger partial charge in [-0.15, -0.1) is 0 Å². The highest BCUT2D eigenvalue weighted by Gasteiger charge is 2.21. The first kappa shape index (κ1) is 11.8. The van der Waals surface area contributed by atoms with Crippen molar-refractivity contribution in [3.05, 3.63) is 35.9 Å². The van der Waals surface area contributed by atoms with Gasteiger partial charge in [0.25, 0.3) is 0 Å². The van der Waals surface area contributed by atoms with Crippen LogP contribution in [0.1, 0.15) is 44.8 Å². The van der Waals surface area contributed by atoms with E-state index in [1.165, 1.54) is 0 Å². The standard InChI is InChI=1S/C11H12O2.C2H6/c12-11-8-4-7-10(13-11)9-5-2-1-3-6-9;1-2/h1-3,5-6,10H,4,7-8H2;1-2H3. The molecule has 1 saturated heterocycles. The van der Waals surface area contributed by atoms with Gasteiger partial charge in [-0.25, -0.2) is 0 Å². The van der Waals surface area contributed by atoms with E-state index in [1.54, 1.807) is 0 Å². The monoisotopic (exact) mass is 206 g/mol. The summed E-state index contributed by atoms with van der Waals surface area (Å²) in [5, 5.41) is 0. The van der Waals surface area contributed by atoms with E-state index in [0.717, 1.165) is 18.4 Å². The predicted molar refractivity (Wildman–Crippen MR) is 60.5 cm³/mol. The van der Waals surface area contributed by atoms with Crippen LogP contribution < -0.4 is 0 Å². The van der Waals surface area contributed by atoms with Crippen LogP contribution in [0.3, 0.4) is 0 Å². The second-order valence-corrected chi connectivity index (χ2v) is 3.28. The van der Waals surface area contributed by atoms with Crippen molar-refractivity contribution in [2.24, 2.45) is 0 Å². The summed E-state index contributed by atoms with van der Waals surface area (Å²) in [6.07, 6.45) is 2.46. The zero-order chi connectivity index (χ0) is 11.1. The van der Waals surface area contributed by atoms with Gasteiger partial charge < -0.3 is 4.74 Å². The van der Waals surface area contributed by atoms with Crippen molar-refractivity contribution in [1.29, 1.82) is 0 Å². The van der Waals surface area contributed by atoms with Crippen LogP contribution in [0.2, 0.25) is 0 Å². The number of ether oxygens (including phenoxy) is 1. The van der Waals surface area contributed by atoms with Crippen molar-refractivity contribution in [3.8, 4) is 0 Å². The molecule has 1 atom stereocenters. The lowest BCUT2D eigenvalue weighted by Gasteiger charge is -2.22. The third-order valence-electron chi connectivity index (χ3n) is 2.29. The van der Waals surface area contributed by atoms with E-state index in [1.807, 2.05) is 44.2 Å². The number of carbonyl (C=O) groups excluding carboxylic acids is 1. The molecule has 1 heterocycles. The van der Waals surface area contributed by atoms with E-state index in [0.29, 0.717) is 6.42 Å². The van der Waals surface area contributed by atoms with Gasteiger partial charge in [0, 0.05) is 6.42 Å². The first-order chi connectivity index (χ1) is 7.36. The fourth-order valence-corrected chi connectivity index (χ4v) is 1.61. The maximum absolute atomic E-state index is 11.0. The minimum Gasteiger partial charge on any atom is -0.457 e. The molecule has 1 aromatic rings. The van der Waals surface area contributed by atoms with E-state index >= 15 is 0 Å². The van der Waals surface area contributed by atoms with Gasteiger partial charge in [-0.1, -0.05) is 44.2 Å². The van der Waals surface area contributed by atoms with Crippen molar-refractivity contribution in [2.45, 2.75) is 39.2 Å². The number of hydrogen-bond acceptors (Lipinski definition) is 2. The van der Waals surface area contributed by atoms with Crippen LogP contribution >= 0.6 is 0 Å². The van der Waals surface area contributed by atoms with Crippen LogP contribution in [0.15, 0.2) is 30.3 Å². The summed E-state index contributed by atoms with van der Waals surface area (Å²) in [5.74, 6) is -0.0693. The maximum atomic E-state index is 11.0. The quantitative estimate of drug-likeness (QED) is 0.657. The summed E-state index contributed by atoms with van der Waals surface area (Å²) in [5.41, 5.74) is 1.11. The second-order valence-electron chi connectivity index (χ2n) is 3.28. The summed E-state index contributed by atoms with van der Waals surface area (Å²) in [6, 6.07) is 9.91. The fourth-order valence-electron chi connectivity index (χ4n) is 1.61. The Morgan fingerprint density at radius 1 is 1.20 bits per heavy atom. The Kier molecular flexibility index (Phi) is 4.88. The van der Waals surface area contributed by atoms with Crippen LogP contribution in [0.25, 0.3) is 0 Å². The van der Waals surface area contributed by atoms with Gasteiger partial charge in [0.2, 0.25) is 0 Å². The lowest BCUT2D eigenvalue weighted by molar-refractivity contribution is -0.154. The van der Waals surface area contributed by atoms with Crippen LogP contribution in [0.4, 0.5) is 0 Å². The molecule has 0 amide bonds. The Hall–Kier alpha value is -1.31. The molecular weight excluding hydrogens is 188 g/mol. The summed E-state index contributed by atoms with van der Waals surface area (Å²) < 4.78 is 5.23. The molecule has 1 aliphatic rings. The van der Waals surface area contributed by atoms with Crippen LogP contribution in [0, 0.1) is 0 Å². The summed E-state index contributed by atoms with van der Waals surface area (Å²) in [6.45, 7) is 4.00. The average Bonchev–Trinajstić information content (AvgIpc) is 2.33. The third-order valence-corrected chi connectivity index (χ3v) is 2.29. The van der Waals surface area contributed by atoms with Gasteiger partial charge in [-0.2, -0.15) is 0 Å². The van der Waals surface area contributed by atoms with E-state index < -0.39 is 0 Å². The van der Waals surface area contributed by atoms with Crippen LogP contribution in [0.5, 0.6) is 0 Å². The average molecular weight is 206 g/mol. The lowest BCUT2D eigenvalue weighted by Crippen LogP contribution is -2.16. The highest BCUT2D eigenvalue weighted by atomic mass is 16.5.